The molecule has 0 aliphatic rings. The largest absolute Gasteiger partial charge is 0.493 e. The minimum Gasteiger partial charge on any atom is -0.493 e. The molecule has 0 bridgehead atoms. The molecule has 0 aliphatic heterocycles. The highest BCUT2D eigenvalue weighted by Gasteiger charge is 2.21. The third-order valence-corrected chi connectivity index (χ3v) is 4.27. The molecule has 3 rings (SSSR count). The second-order valence-corrected chi connectivity index (χ2v) is 7.31. The van der Waals surface area contributed by atoms with E-state index in [1.807, 2.05) is 13.8 Å². The van der Waals surface area contributed by atoms with Crippen LogP contribution in [-0.4, -0.2) is 41.6 Å². The molecule has 0 aliphatic carbocycles. The molecular weight excluding hydrogens is 375 g/mol. The molecule has 0 saturated heterocycles. The Hall–Kier alpha value is -3.21. The van der Waals surface area contributed by atoms with Crippen molar-refractivity contribution in [1.29, 1.82) is 0 Å². The molecule has 0 atom stereocenters. The van der Waals surface area contributed by atoms with Gasteiger partial charge in [-0.2, -0.15) is 4.98 Å². The summed E-state index contributed by atoms with van der Waals surface area (Å²) in [6, 6.07) is 4.01. The van der Waals surface area contributed by atoms with E-state index in [9.17, 15) is 19.1 Å². The maximum Gasteiger partial charge on any atom is 0.268 e. The van der Waals surface area contributed by atoms with Crippen LogP contribution in [0.2, 0.25) is 0 Å². The Labute approximate surface area is 156 Å². The molecule has 0 spiro atoms. The number of nitrogens with one attached hydrogen (secondary N) is 3. The summed E-state index contributed by atoms with van der Waals surface area (Å²) in [5, 5.41) is 22.3. The van der Waals surface area contributed by atoms with E-state index >= 15 is 0 Å². The van der Waals surface area contributed by atoms with Gasteiger partial charge in [0.15, 0.2) is 10.7 Å². The summed E-state index contributed by atoms with van der Waals surface area (Å²) in [5.41, 5.74) is -0.683. The number of carbonyl (C=O) groups excluding carboxylic acids is 1. The summed E-state index contributed by atoms with van der Waals surface area (Å²) >= 11 is 1.22. The number of aromatic nitrogens is 5. The van der Waals surface area contributed by atoms with Crippen LogP contribution in [0.1, 0.15) is 24.2 Å². The Balaban J connectivity index is 1.84. The van der Waals surface area contributed by atoms with Crippen molar-refractivity contribution in [2.75, 3.05) is 5.32 Å². The van der Waals surface area contributed by atoms with Crippen LogP contribution >= 0.6 is 11.8 Å². The third-order valence-electron chi connectivity index (χ3n) is 3.38. The Bertz CT molecular complexity index is 1040. The predicted molar refractivity (Wildman–Crippen MR) is 97.2 cm³/mol. The van der Waals surface area contributed by atoms with E-state index < -0.39 is 28.7 Å². The van der Waals surface area contributed by atoms with Gasteiger partial charge in [0.2, 0.25) is 5.88 Å². The average Bonchev–Trinajstić information content (AvgIpc) is 3.10. The number of aromatic amines is 2. The van der Waals surface area contributed by atoms with Crippen molar-refractivity contribution in [1.82, 2.24) is 25.4 Å². The summed E-state index contributed by atoms with van der Waals surface area (Å²) < 4.78 is 14.3. The summed E-state index contributed by atoms with van der Waals surface area (Å²) in [6.45, 7) is 3.77. The van der Waals surface area contributed by atoms with Gasteiger partial charge in [-0.25, -0.2) is 4.39 Å². The topological polar surface area (TPSA) is 137 Å². The van der Waals surface area contributed by atoms with Crippen molar-refractivity contribution in [3.05, 3.63) is 46.1 Å². The predicted octanol–water partition coefficient (Wildman–Crippen LogP) is 2.15. The minimum atomic E-state index is -0.976. The number of H-pyrrole nitrogens is 2. The molecule has 140 valence electrons. The van der Waals surface area contributed by atoms with Gasteiger partial charge in [-0.05, 0) is 12.1 Å². The highest BCUT2D eigenvalue weighted by molar-refractivity contribution is 7.99. The van der Waals surface area contributed by atoms with Crippen LogP contribution < -0.4 is 10.9 Å². The zero-order valence-electron chi connectivity index (χ0n) is 14.3. The molecule has 27 heavy (non-hydrogen) atoms. The zero-order chi connectivity index (χ0) is 19.6. The number of nitrogens with zero attached hydrogens (tertiary/aromatic N) is 3. The second-order valence-electron chi connectivity index (χ2n) is 5.74. The first-order valence-corrected chi connectivity index (χ1v) is 8.70. The maximum absolute atomic E-state index is 14.3. The summed E-state index contributed by atoms with van der Waals surface area (Å²) in [7, 11) is 0. The van der Waals surface area contributed by atoms with E-state index in [0.29, 0.717) is 11.3 Å². The molecule has 0 saturated carbocycles. The summed E-state index contributed by atoms with van der Waals surface area (Å²) in [6.07, 6.45) is 1.49. The van der Waals surface area contributed by atoms with Crippen molar-refractivity contribution >= 4 is 23.4 Å². The number of rotatable bonds is 5. The van der Waals surface area contributed by atoms with Crippen molar-refractivity contribution in [2.24, 2.45) is 0 Å². The third kappa shape index (κ3) is 4.14. The van der Waals surface area contributed by atoms with Gasteiger partial charge in [-0.1, -0.05) is 36.9 Å². The number of hydrogen-bond acceptors (Lipinski definition) is 7. The van der Waals surface area contributed by atoms with E-state index in [4.69, 9.17) is 0 Å². The quantitative estimate of drug-likeness (QED) is 0.387. The van der Waals surface area contributed by atoms with E-state index in [1.165, 1.54) is 30.1 Å². The Morgan fingerprint density at radius 3 is 2.74 bits per heavy atom. The standard InChI is InChI=1S/C16H15FN6O3S/c1-7(2)27-16-20-14(25)12(15(26)21-16)13(24)19-10-4-3-8(5-9(10)17)11-6-18-23-22-11/h3-7H,1-2H3,(H,19,24)(H,18,22,23)(H2,20,21,25,26). The number of aromatic hydroxyl groups is 1. The number of halogens is 1. The number of thioether (sulfide) groups is 1. The molecule has 2 heterocycles. The van der Waals surface area contributed by atoms with E-state index in [1.54, 1.807) is 0 Å². The molecule has 0 unspecified atom stereocenters. The average molecular weight is 390 g/mol. The van der Waals surface area contributed by atoms with Crippen LogP contribution in [0.15, 0.2) is 34.3 Å². The molecule has 1 aromatic carbocycles. The highest BCUT2D eigenvalue weighted by Crippen LogP contribution is 2.24. The lowest BCUT2D eigenvalue weighted by Crippen LogP contribution is -2.25. The summed E-state index contributed by atoms with van der Waals surface area (Å²) in [4.78, 5) is 30.7. The normalized spacial score (nSPS) is 11.0. The molecule has 2 aromatic heterocycles. The lowest BCUT2D eigenvalue weighted by molar-refractivity contribution is 0.102. The highest BCUT2D eigenvalue weighted by atomic mass is 32.2. The van der Waals surface area contributed by atoms with Gasteiger partial charge in [0.25, 0.3) is 11.5 Å². The van der Waals surface area contributed by atoms with Crippen molar-refractivity contribution < 1.29 is 14.3 Å². The fourth-order valence-electron chi connectivity index (χ4n) is 2.23. The zero-order valence-corrected chi connectivity index (χ0v) is 15.1. The van der Waals surface area contributed by atoms with Crippen LogP contribution in [0.4, 0.5) is 10.1 Å². The van der Waals surface area contributed by atoms with E-state index in [2.05, 4.69) is 30.7 Å². The van der Waals surface area contributed by atoms with Crippen LogP contribution in [0.3, 0.4) is 0 Å². The lowest BCUT2D eigenvalue weighted by Gasteiger charge is -2.09. The molecule has 0 fully saturated rings. The number of carbonyl (C=O) groups is 1. The SMILES string of the molecule is CC(C)Sc1nc(O)c(C(=O)Nc2ccc(-c3c[nH]nn3)cc2F)c(=O)[nH]1. The number of anilines is 1. The molecule has 3 aromatic rings. The fourth-order valence-corrected chi connectivity index (χ4v) is 2.97. The maximum atomic E-state index is 14.3. The second kappa shape index (κ2) is 7.58. The van der Waals surface area contributed by atoms with Gasteiger partial charge in [0.1, 0.15) is 11.5 Å². The molecule has 1 amide bonds. The van der Waals surface area contributed by atoms with Gasteiger partial charge in [0, 0.05) is 17.0 Å². The van der Waals surface area contributed by atoms with E-state index in [-0.39, 0.29) is 16.1 Å². The fraction of sp³-hybridized carbons (Fsp3) is 0.188. The molecular formula is C16H15FN6O3S. The number of amides is 1. The first-order valence-electron chi connectivity index (χ1n) is 7.83. The van der Waals surface area contributed by atoms with Crippen molar-refractivity contribution in [3.8, 4) is 17.1 Å². The molecule has 0 radical (unpaired) electrons. The first-order chi connectivity index (χ1) is 12.8. The smallest absolute Gasteiger partial charge is 0.268 e. The Morgan fingerprint density at radius 2 is 2.15 bits per heavy atom. The summed E-state index contributed by atoms with van der Waals surface area (Å²) in [5.74, 6) is -2.44. The van der Waals surface area contributed by atoms with Crippen LogP contribution in [0.5, 0.6) is 5.88 Å². The molecule has 9 nitrogen and oxygen atoms in total. The monoisotopic (exact) mass is 390 g/mol. The van der Waals surface area contributed by atoms with Gasteiger partial charge >= 0.3 is 0 Å². The van der Waals surface area contributed by atoms with Crippen molar-refractivity contribution in [2.45, 2.75) is 24.3 Å². The first kappa shape index (κ1) is 18.6. The van der Waals surface area contributed by atoms with Crippen LogP contribution in [0, 0.1) is 5.82 Å². The van der Waals surface area contributed by atoms with Gasteiger partial charge in [-0.15, -0.1) is 5.10 Å². The Morgan fingerprint density at radius 1 is 1.37 bits per heavy atom. The Kier molecular flexibility index (Phi) is 5.21. The minimum absolute atomic E-state index is 0.115. The van der Waals surface area contributed by atoms with Gasteiger partial charge in [0.05, 0.1) is 5.69 Å². The van der Waals surface area contributed by atoms with Gasteiger partial charge in [-0.3, -0.25) is 14.7 Å². The van der Waals surface area contributed by atoms with Crippen LogP contribution in [0.25, 0.3) is 11.3 Å². The van der Waals surface area contributed by atoms with Crippen LogP contribution in [-0.2, 0) is 0 Å². The number of benzene rings is 1. The van der Waals surface area contributed by atoms with E-state index in [0.717, 1.165) is 6.07 Å². The number of hydrogen-bond donors (Lipinski definition) is 4. The van der Waals surface area contributed by atoms with Crippen molar-refractivity contribution in [3.63, 3.8) is 0 Å². The molecule has 11 heteroatoms. The molecule has 4 N–H and O–H groups in total. The lowest BCUT2D eigenvalue weighted by atomic mass is 10.1. The van der Waals surface area contributed by atoms with Gasteiger partial charge < -0.3 is 15.4 Å².